The van der Waals surface area contributed by atoms with Crippen molar-refractivity contribution < 1.29 is 4.79 Å². The monoisotopic (exact) mass is 125 g/mol. The lowest BCUT2D eigenvalue weighted by Gasteiger charge is -2.26. The van der Waals surface area contributed by atoms with Crippen LogP contribution in [0.25, 0.3) is 0 Å². The third-order valence-electron chi connectivity index (χ3n) is 1.83. The maximum absolute atomic E-state index is 10.8. The van der Waals surface area contributed by atoms with Gasteiger partial charge in [0.2, 0.25) is 5.91 Å². The molecule has 1 amide bonds. The Morgan fingerprint density at radius 2 is 2.11 bits per heavy atom. The standard InChI is InChI=1S/C7H11NO/c1-7(2)5-4-6(9)8(7)3/h4-5H,1-3H3. The summed E-state index contributed by atoms with van der Waals surface area (Å²) in [5.41, 5.74) is -0.0723. The lowest BCUT2D eigenvalue weighted by Crippen LogP contribution is -2.37. The van der Waals surface area contributed by atoms with E-state index in [0.29, 0.717) is 0 Å². The molecule has 0 aliphatic carbocycles. The normalized spacial score (nSPS) is 23.4. The Hall–Kier alpha value is -0.790. The number of hydrogen-bond donors (Lipinski definition) is 0. The van der Waals surface area contributed by atoms with Gasteiger partial charge in [0.15, 0.2) is 0 Å². The first-order chi connectivity index (χ1) is 4.04. The van der Waals surface area contributed by atoms with Crippen LogP contribution in [0.2, 0.25) is 0 Å². The molecule has 50 valence electrons. The lowest BCUT2D eigenvalue weighted by atomic mass is 10.1. The first-order valence-corrected chi connectivity index (χ1v) is 3.01. The predicted molar refractivity (Wildman–Crippen MR) is 36.0 cm³/mol. The van der Waals surface area contributed by atoms with E-state index in [2.05, 4.69) is 0 Å². The van der Waals surface area contributed by atoms with Gasteiger partial charge in [-0.25, -0.2) is 0 Å². The van der Waals surface area contributed by atoms with Crippen molar-refractivity contribution in [1.29, 1.82) is 0 Å². The second-order valence-corrected chi connectivity index (χ2v) is 2.88. The molecule has 0 N–H and O–H groups in total. The molecule has 9 heavy (non-hydrogen) atoms. The van der Waals surface area contributed by atoms with E-state index in [4.69, 9.17) is 0 Å². The zero-order valence-electron chi connectivity index (χ0n) is 6.01. The highest BCUT2D eigenvalue weighted by Gasteiger charge is 2.28. The van der Waals surface area contributed by atoms with Crippen LogP contribution in [0.4, 0.5) is 0 Å². The van der Waals surface area contributed by atoms with Crippen LogP contribution < -0.4 is 0 Å². The summed E-state index contributed by atoms with van der Waals surface area (Å²) in [6, 6.07) is 0. The van der Waals surface area contributed by atoms with E-state index in [1.807, 2.05) is 27.0 Å². The van der Waals surface area contributed by atoms with Gasteiger partial charge in [0, 0.05) is 13.1 Å². The smallest absolute Gasteiger partial charge is 0.246 e. The molecule has 2 nitrogen and oxygen atoms in total. The largest absolute Gasteiger partial charge is 0.334 e. The fraction of sp³-hybridized carbons (Fsp3) is 0.571. The number of hydrogen-bond acceptors (Lipinski definition) is 1. The molecule has 1 aliphatic heterocycles. The Morgan fingerprint density at radius 1 is 1.56 bits per heavy atom. The summed E-state index contributed by atoms with van der Waals surface area (Å²) in [6.07, 6.45) is 3.52. The minimum absolute atomic E-state index is 0.0723. The van der Waals surface area contributed by atoms with Crippen molar-refractivity contribution in [1.82, 2.24) is 4.90 Å². The summed E-state index contributed by atoms with van der Waals surface area (Å²) in [5, 5.41) is 0. The molecule has 0 saturated carbocycles. The first kappa shape index (κ1) is 6.33. The highest BCUT2D eigenvalue weighted by Crippen LogP contribution is 2.19. The second kappa shape index (κ2) is 1.59. The minimum Gasteiger partial charge on any atom is -0.334 e. The fourth-order valence-corrected chi connectivity index (χ4v) is 0.783. The second-order valence-electron chi connectivity index (χ2n) is 2.88. The van der Waals surface area contributed by atoms with E-state index in [0.717, 1.165) is 0 Å². The molecule has 0 fully saturated rings. The topological polar surface area (TPSA) is 20.3 Å². The molecule has 0 atom stereocenters. The number of carbonyl (C=O) groups excluding carboxylic acids is 1. The van der Waals surface area contributed by atoms with Crippen molar-refractivity contribution in [2.75, 3.05) is 7.05 Å². The van der Waals surface area contributed by atoms with Crippen LogP contribution in [0.15, 0.2) is 12.2 Å². The highest BCUT2D eigenvalue weighted by atomic mass is 16.2. The molecule has 0 saturated heterocycles. The molecule has 0 unspecified atom stereocenters. The van der Waals surface area contributed by atoms with Crippen LogP contribution in [-0.4, -0.2) is 23.4 Å². The van der Waals surface area contributed by atoms with E-state index in [9.17, 15) is 4.79 Å². The van der Waals surface area contributed by atoms with Gasteiger partial charge < -0.3 is 4.90 Å². The molecule has 2 heteroatoms. The van der Waals surface area contributed by atoms with Gasteiger partial charge in [-0.3, -0.25) is 4.79 Å². The average molecular weight is 125 g/mol. The molecule has 0 radical (unpaired) electrons. The molecule has 0 aromatic carbocycles. The molecule has 0 bridgehead atoms. The molecular weight excluding hydrogens is 114 g/mol. The van der Waals surface area contributed by atoms with Crippen molar-refractivity contribution in [3.8, 4) is 0 Å². The van der Waals surface area contributed by atoms with Crippen molar-refractivity contribution in [3.63, 3.8) is 0 Å². The molecule has 1 rings (SSSR count). The van der Waals surface area contributed by atoms with Crippen LogP contribution in [0, 0.1) is 0 Å². The molecule has 0 spiro atoms. The maximum Gasteiger partial charge on any atom is 0.246 e. The van der Waals surface area contributed by atoms with Gasteiger partial charge >= 0.3 is 0 Å². The van der Waals surface area contributed by atoms with Gasteiger partial charge in [-0.1, -0.05) is 6.08 Å². The van der Waals surface area contributed by atoms with E-state index in [1.54, 1.807) is 11.0 Å². The molecule has 0 aromatic heterocycles. The van der Waals surface area contributed by atoms with E-state index >= 15 is 0 Å². The van der Waals surface area contributed by atoms with Gasteiger partial charge in [-0.15, -0.1) is 0 Å². The third-order valence-corrected chi connectivity index (χ3v) is 1.83. The summed E-state index contributed by atoms with van der Waals surface area (Å²) in [6.45, 7) is 4.02. The molecule has 0 aromatic rings. The molecule has 1 aliphatic rings. The van der Waals surface area contributed by atoms with Crippen LogP contribution in [0.3, 0.4) is 0 Å². The third kappa shape index (κ3) is 0.846. The van der Waals surface area contributed by atoms with E-state index in [-0.39, 0.29) is 11.4 Å². The Morgan fingerprint density at radius 3 is 2.22 bits per heavy atom. The van der Waals surface area contributed by atoms with E-state index < -0.39 is 0 Å². The van der Waals surface area contributed by atoms with Crippen molar-refractivity contribution >= 4 is 5.91 Å². The Kier molecular flexibility index (Phi) is 1.12. The van der Waals surface area contributed by atoms with Crippen molar-refractivity contribution in [2.45, 2.75) is 19.4 Å². The van der Waals surface area contributed by atoms with Crippen LogP contribution >= 0.6 is 0 Å². The average Bonchev–Trinajstić information content (AvgIpc) is 1.97. The van der Waals surface area contributed by atoms with Gasteiger partial charge in [0.05, 0.1) is 5.54 Å². The summed E-state index contributed by atoms with van der Waals surface area (Å²) >= 11 is 0. The van der Waals surface area contributed by atoms with Gasteiger partial charge in [0.25, 0.3) is 0 Å². The number of carbonyl (C=O) groups is 1. The number of amides is 1. The zero-order chi connectivity index (χ0) is 7.07. The SMILES string of the molecule is CN1C(=O)C=CC1(C)C. The molecular formula is C7H11NO. The predicted octanol–water partition coefficient (Wildman–Crippen LogP) is 0.793. The van der Waals surface area contributed by atoms with Crippen LogP contribution in [0.1, 0.15) is 13.8 Å². The minimum atomic E-state index is -0.0723. The Bertz CT molecular complexity index is 170. The van der Waals surface area contributed by atoms with Crippen molar-refractivity contribution in [2.24, 2.45) is 0 Å². The summed E-state index contributed by atoms with van der Waals surface area (Å²) in [7, 11) is 1.81. The lowest BCUT2D eigenvalue weighted by molar-refractivity contribution is -0.126. The fourth-order valence-electron chi connectivity index (χ4n) is 0.783. The summed E-state index contributed by atoms with van der Waals surface area (Å²) in [4.78, 5) is 12.5. The van der Waals surface area contributed by atoms with Gasteiger partial charge in [-0.05, 0) is 13.8 Å². The first-order valence-electron chi connectivity index (χ1n) is 3.01. The summed E-state index contributed by atoms with van der Waals surface area (Å²) in [5.74, 6) is 0.0972. The van der Waals surface area contributed by atoms with Crippen LogP contribution in [-0.2, 0) is 4.79 Å². The maximum atomic E-state index is 10.8. The summed E-state index contributed by atoms with van der Waals surface area (Å²) < 4.78 is 0. The van der Waals surface area contributed by atoms with Gasteiger partial charge in [0.1, 0.15) is 0 Å². The molecule has 1 heterocycles. The Balaban J connectivity index is 2.86. The number of rotatable bonds is 0. The van der Waals surface area contributed by atoms with Crippen molar-refractivity contribution in [3.05, 3.63) is 12.2 Å². The quantitative estimate of drug-likeness (QED) is 0.468. The van der Waals surface area contributed by atoms with E-state index in [1.165, 1.54) is 0 Å². The van der Waals surface area contributed by atoms with Crippen LogP contribution in [0.5, 0.6) is 0 Å². The highest BCUT2D eigenvalue weighted by molar-refractivity contribution is 5.91. The Labute approximate surface area is 55.2 Å². The number of nitrogens with zero attached hydrogens (tertiary/aromatic N) is 1. The number of likely N-dealkylation sites (N-methyl/N-ethyl adjacent to an activating group) is 1. The van der Waals surface area contributed by atoms with Gasteiger partial charge in [-0.2, -0.15) is 0 Å². The zero-order valence-corrected chi connectivity index (χ0v) is 6.01.